The van der Waals surface area contributed by atoms with Gasteiger partial charge in [0.25, 0.3) is 5.69 Å². The Bertz CT molecular complexity index is 530. The second kappa shape index (κ2) is 5.90. The summed E-state index contributed by atoms with van der Waals surface area (Å²) in [6.45, 7) is 2.34. The number of hydrogen-bond donors (Lipinski definition) is 0. The largest absolute Gasteiger partial charge is 0.467 e. The number of nitro benzene ring substituents is 1. The van der Waals surface area contributed by atoms with Gasteiger partial charge in [0.1, 0.15) is 11.7 Å². The van der Waals surface area contributed by atoms with Crippen molar-refractivity contribution in [3.8, 4) is 0 Å². The molecule has 0 radical (unpaired) electrons. The molecule has 0 spiro atoms. The first kappa shape index (κ1) is 14.3. The number of ether oxygens (including phenoxy) is 1. The molecule has 0 aromatic heterocycles. The van der Waals surface area contributed by atoms with E-state index < -0.39 is 6.04 Å². The van der Waals surface area contributed by atoms with E-state index >= 15 is 0 Å². The Labute approximate surface area is 117 Å². The number of para-hydroxylation sites is 1. The molecule has 0 saturated carbocycles. The topological polar surface area (TPSA) is 72.7 Å². The SMILES string of the molecule is COC(=O)C1CCCCN1c1cccc(C)c1[N+](=O)[O-]. The minimum atomic E-state index is -0.436. The third-order valence-electron chi connectivity index (χ3n) is 3.68. The van der Waals surface area contributed by atoms with Crippen molar-refractivity contribution in [3.63, 3.8) is 0 Å². The van der Waals surface area contributed by atoms with Crippen molar-refractivity contribution >= 4 is 17.3 Å². The van der Waals surface area contributed by atoms with E-state index in [4.69, 9.17) is 4.74 Å². The maximum absolute atomic E-state index is 11.9. The predicted molar refractivity (Wildman–Crippen MR) is 74.8 cm³/mol. The summed E-state index contributed by atoms with van der Waals surface area (Å²) in [6.07, 6.45) is 2.51. The van der Waals surface area contributed by atoms with Gasteiger partial charge in [-0.1, -0.05) is 12.1 Å². The number of anilines is 1. The van der Waals surface area contributed by atoms with Crippen molar-refractivity contribution in [1.82, 2.24) is 0 Å². The van der Waals surface area contributed by atoms with Crippen molar-refractivity contribution in [2.45, 2.75) is 32.2 Å². The highest BCUT2D eigenvalue weighted by atomic mass is 16.6. The van der Waals surface area contributed by atoms with Gasteiger partial charge in [0.05, 0.1) is 12.0 Å². The van der Waals surface area contributed by atoms with Crippen LogP contribution in [0.25, 0.3) is 0 Å². The van der Waals surface area contributed by atoms with E-state index in [1.165, 1.54) is 7.11 Å². The second-order valence-corrected chi connectivity index (χ2v) is 4.93. The van der Waals surface area contributed by atoms with E-state index in [9.17, 15) is 14.9 Å². The first-order chi connectivity index (χ1) is 9.56. The molecule has 1 atom stereocenters. The Hall–Kier alpha value is -2.11. The molecular weight excluding hydrogens is 260 g/mol. The third-order valence-corrected chi connectivity index (χ3v) is 3.68. The lowest BCUT2D eigenvalue weighted by Gasteiger charge is -2.35. The molecule has 1 fully saturated rings. The van der Waals surface area contributed by atoms with Crippen LogP contribution in [0.3, 0.4) is 0 Å². The van der Waals surface area contributed by atoms with Crippen LogP contribution in [-0.4, -0.2) is 30.6 Å². The first-order valence-electron chi connectivity index (χ1n) is 6.64. The Morgan fingerprint density at radius 2 is 2.20 bits per heavy atom. The van der Waals surface area contributed by atoms with Gasteiger partial charge >= 0.3 is 5.97 Å². The molecule has 1 aliphatic rings. The number of hydrogen-bond acceptors (Lipinski definition) is 5. The van der Waals surface area contributed by atoms with Crippen LogP contribution in [0.1, 0.15) is 24.8 Å². The number of piperidine rings is 1. The molecule has 1 heterocycles. The summed E-state index contributed by atoms with van der Waals surface area (Å²) >= 11 is 0. The molecule has 20 heavy (non-hydrogen) atoms. The molecule has 6 nitrogen and oxygen atoms in total. The summed E-state index contributed by atoms with van der Waals surface area (Å²) < 4.78 is 4.82. The molecule has 1 unspecified atom stereocenters. The molecule has 0 amide bonds. The van der Waals surface area contributed by atoms with Gasteiger partial charge in [0.2, 0.25) is 0 Å². The van der Waals surface area contributed by atoms with Gasteiger partial charge in [-0.3, -0.25) is 10.1 Å². The van der Waals surface area contributed by atoms with Crippen molar-refractivity contribution in [2.75, 3.05) is 18.6 Å². The number of nitro groups is 1. The highest BCUT2D eigenvalue weighted by Gasteiger charge is 2.33. The number of carbonyl (C=O) groups excluding carboxylic acids is 1. The minimum absolute atomic E-state index is 0.0725. The average Bonchev–Trinajstić information content (AvgIpc) is 2.45. The fourth-order valence-electron chi connectivity index (χ4n) is 2.71. The standard InChI is InChI=1S/C14H18N2O4/c1-10-6-5-8-11(13(10)16(18)19)15-9-4-3-7-12(15)14(17)20-2/h5-6,8,12H,3-4,7,9H2,1-2H3. The number of benzene rings is 1. The molecule has 1 aliphatic heterocycles. The fraction of sp³-hybridized carbons (Fsp3) is 0.500. The Balaban J connectivity index is 2.45. The van der Waals surface area contributed by atoms with E-state index in [1.54, 1.807) is 30.0 Å². The summed E-state index contributed by atoms with van der Waals surface area (Å²) in [7, 11) is 1.35. The lowest BCUT2D eigenvalue weighted by molar-refractivity contribution is -0.384. The van der Waals surface area contributed by atoms with Gasteiger partial charge in [0.15, 0.2) is 0 Å². The monoisotopic (exact) mass is 278 g/mol. The van der Waals surface area contributed by atoms with Crippen LogP contribution in [-0.2, 0) is 9.53 Å². The minimum Gasteiger partial charge on any atom is -0.467 e. The smallest absolute Gasteiger partial charge is 0.328 e. The van der Waals surface area contributed by atoms with Crippen LogP contribution in [0, 0.1) is 17.0 Å². The lowest BCUT2D eigenvalue weighted by atomic mass is 10.00. The Morgan fingerprint density at radius 1 is 1.45 bits per heavy atom. The van der Waals surface area contributed by atoms with Gasteiger partial charge in [-0.15, -0.1) is 0 Å². The molecule has 0 N–H and O–H groups in total. The predicted octanol–water partition coefficient (Wildman–Crippen LogP) is 2.44. The number of nitrogens with zero attached hydrogens (tertiary/aromatic N) is 2. The van der Waals surface area contributed by atoms with Crippen molar-refractivity contribution < 1.29 is 14.5 Å². The number of esters is 1. The van der Waals surface area contributed by atoms with Gasteiger partial charge in [-0.25, -0.2) is 4.79 Å². The Morgan fingerprint density at radius 3 is 2.85 bits per heavy atom. The zero-order valence-electron chi connectivity index (χ0n) is 11.7. The molecule has 0 aliphatic carbocycles. The van der Waals surface area contributed by atoms with Gasteiger partial charge < -0.3 is 9.64 Å². The number of carbonyl (C=O) groups is 1. The number of rotatable bonds is 3. The Kier molecular flexibility index (Phi) is 4.22. The van der Waals surface area contributed by atoms with E-state index in [0.29, 0.717) is 24.2 Å². The van der Waals surface area contributed by atoms with Crippen LogP contribution >= 0.6 is 0 Å². The van der Waals surface area contributed by atoms with Crippen LogP contribution < -0.4 is 4.90 Å². The quantitative estimate of drug-likeness (QED) is 0.482. The summed E-state index contributed by atoms with van der Waals surface area (Å²) in [4.78, 5) is 24.6. The molecule has 1 saturated heterocycles. The first-order valence-corrected chi connectivity index (χ1v) is 6.64. The fourth-order valence-corrected chi connectivity index (χ4v) is 2.71. The van der Waals surface area contributed by atoms with Crippen LogP contribution in [0.5, 0.6) is 0 Å². The second-order valence-electron chi connectivity index (χ2n) is 4.93. The maximum atomic E-state index is 11.9. The summed E-state index contributed by atoms with van der Waals surface area (Å²) in [5, 5.41) is 11.3. The molecule has 2 rings (SSSR count). The zero-order chi connectivity index (χ0) is 14.7. The van der Waals surface area contributed by atoms with E-state index in [-0.39, 0.29) is 16.6 Å². The zero-order valence-corrected chi connectivity index (χ0v) is 11.7. The average molecular weight is 278 g/mol. The third kappa shape index (κ3) is 2.59. The highest BCUT2D eigenvalue weighted by molar-refractivity contribution is 5.82. The van der Waals surface area contributed by atoms with E-state index in [0.717, 1.165) is 12.8 Å². The molecular formula is C14H18N2O4. The lowest BCUT2D eigenvalue weighted by Crippen LogP contribution is -2.45. The molecule has 108 valence electrons. The van der Waals surface area contributed by atoms with Crippen molar-refractivity contribution in [2.24, 2.45) is 0 Å². The summed E-state index contributed by atoms with van der Waals surface area (Å²) in [5.41, 5.74) is 1.18. The highest BCUT2D eigenvalue weighted by Crippen LogP contribution is 2.35. The summed E-state index contributed by atoms with van der Waals surface area (Å²) in [6, 6.07) is 4.75. The van der Waals surface area contributed by atoms with Crippen molar-refractivity contribution in [1.29, 1.82) is 0 Å². The van der Waals surface area contributed by atoms with Crippen LogP contribution in [0.2, 0.25) is 0 Å². The van der Waals surface area contributed by atoms with Gasteiger partial charge in [0, 0.05) is 12.1 Å². The molecule has 1 aromatic rings. The summed E-state index contributed by atoms with van der Waals surface area (Å²) in [5.74, 6) is -0.333. The number of methoxy groups -OCH3 is 1. The van der Waals surface area contributed by atoms with E-state index in [2.05, 4.69) is 0 Å². The van der Waals surface area contributed by atoms with Crippen LogP contribution in [0.15, 0.2) is 18.2 Å². The molecule has 1 aromatic carbocycles. The maximum Gasteiger partial charge on any atom is 0.328 e. The van der Waals surface area contributed by atoms with Crippen LogP contribution in [0.4, 0.5) is 11.4 Å². The van der Waals surface area contributed by atoms with Crippen molar-refractivity contribution in [3.05, 3.63) is 33.9 Å². The van der Waals surface area contributed by atoms with E-state index in [1.807, 2.05) is 0 Å². The molecule has 6 heteroatoms. The number of aryl methyl sites for hydroxylation is 1. The van der Waals surface area contributed by atoms with Gasteiger partial charge in [-0.2, -0.15) is 0 Å². The normalized spacial score (nSPS) is 18.7. The van der Waals surface area contributed by atoms with Gasteiger partial charge in [-0.05, 0) is 32.3 Å². The molecule has 0 bridgehead atoms.